The van der Waals surface area contributed by atoms with Crippen LogP contribution in [0.2, 0.25) is 4.34 Å². The molecule has 1 saturated heterocycles. The van der Waals surface area contributed by atoms with E-state index in [-0.39, 0.29) is 10.1 Å². The molecule has 0 aliphatic carbocycles. The van der Waals surface area contributed by atoms with E-state index < -0.39 is 10.0 Å². The largest absolute Gasteiger partial charge is 0.304 e. The minimum atomic E-state index is -3.56. The van der Waals surface area contributed by atoms with Crippen LogP contribution < -0.4 is 5.32 Å². The van der Waals surface area contributed by atoms with E-state index in [1.807, 2.05) is 7.05 Å². The fourth-order valence-electron chi connectivity index (χ4n) is 2.64. The Balaban J connectivity index is 1.92. The second kappa shape index (κ2) is 7.53. The van der Waals surface area contributed by atoms with Crippen LogP contribution in [0.1, 0.15) is 12.6 Å². The molecule has 1 amide bonds. The fraction of sp³-hybridized carbons (Fsp3) is 0.467. The Morgan fingerprint density at radius 2 is 1.92 bits per heavy atom. The van der Waals surface area contributed by atoms with Crippen molar-refractivity contribution < 1.29 is 13.2 Å². The minimum absolute atomic E-state index is 0.208. The molecule has 7 nitrogen and oxygen atoms in total. The third kappa shape index (κ3) is 3.95. The highest BCUT2D eigenvalue weighted by Gasteiger charge is 2.30. The molecule has 0 spiro atoms. The van der Waals surface area contributed by atoms with Crippen LogP contribution in [-0.2, 0) is 14.8 Å². The highest BCUT2D eigenvalue weighted by Crippen LogP contribution is 2.43. The van der Waals surface area contributed by atoms with Gasteiger partial charge in [-0.05, 0) is 20.0 Å². The predicted molar refractivity (Wildman–Crippen MR) is 106 cm³/mol. The number of aromatic nitrogens is 1. The second-order valence-corrected chi connectivity index (χ2v) is 10.9. The molecule has 0 aromatic carbocycles. The van der Waals surface area contributed by atoms with Crippen molar-refractivity contribution >= 4 is 55.3 Å². The van der Waals surface area contributed by atoms with Gasteiger partial charge in [0.1, 0.15) is 8.55 Å². The lowest BCUT2D eigenvalue weighted by Crippen LogP contribution is -2.46. The molecule has 26 heavy (non-hydrogen) atoms. The van der Waals surface area contributed by atoms with E-state index in [1.54, 1.807) is 13.0 Å². The molecular formula is C15H19ClN4O3S3. The van der Waals surface area contributed by atoms with Crippen molar-refractivity contribution in [2.75, 3.05) is 38.5 Å². The standard InChI is InChI=1S/C15H19ClN4O3S3/c1-9-13(25-15(17-9)18-10(2)21)11-8-12(24-14(11)16)26(22,23)20-6-4-19(3)5-7-20/h8H,4-7H2,1-3H3,(H,17,18,21). The van der Waals surface area contributed by atoms with Gasteiger partial charge in [-0.25, -0.2) is 13.4 Å². The number of carbonyl (C=O) groups excluding carboxylic acids is 1. The maximum Gasteiger partial charge on any atom is 0.252 e. The molecule has 2 aromatic heterocycles. The van der Waals surface area contributed by atoms with E-state index in [1.165, 1.54) is 22.6 Å². The van der Waals surface area contributed by atoms with E-state index in [0.29, 0.717) is 46.9 Å². The molecule has 11 heteroatoms. The lowest BCUT2D eigenvalue weighted by molar-refractivity contribution is -0.114. The quantitative estimate of drug-likeness (QED) is 0.799. The number of aryl methyl sites for hydroxylation is 1. The summed E-state index contributed by atoms with van der Waals surface area (Å²) in [5.41, 5.74) is 1.33. The first-order valence-electron chi connectivity index (χ1n) is 7.92. The first kappa shape index (κ1) is 19.7. The van der Waals surface area contributed by atoms with Crippen LogP contribution in [0.15, 0.2) is 10.3 Å². The first-order chi connectivity index (χ1) is 12.2. The molecule has 142 valence electrons. The van der Waals surface area contributed by atoms with Crippen LogP contribution in [0.25, 0.3) is 10.4 Å². The van der Waals surface area contributed by atoms with Gasteiger partial charge in [0.25, 0.3) is 10.0 Å². The molecule has 1 aliphatic heterocycles. The monoisotopic (exact) mass is 434 g/mol. The Morgan fingerprint density at radius 3 is 2.54 bits per heavy atom. The van der Waals surface area contributed by atoms with Gasteiger partial charge < -0.3 is 10.2 Å². The zero-order valence-electron chi connectivity index (χ0n) is 14.6. The molecule has 2 aromatic rings. The van der Waals surface area contributed by atoms with E-state index in [9.17, 15) is 13.2 Å². The van der Waals surface area contributed by atoms with Crippen molar-refractivity contribution in [2.45, 2.75) is 18.1 Å². The number of nitrogens with zero attached hydrogens (tertiary/aromatic N) is 3. The molecule has 0 bridgehead atoms. The average molecular weight is 435 g/mol. The Bertz CT molecular complexity index is 930. The van der Waals surface area contributed by atoms with E-state index in [0.717, 1.165) is 16.2 Å². The molecule has 3 rings (SSSR count). The van der Waals surface area contributed by atoms with Crippen molar-refractivity contribution in [3.05, 3.63) is 16.1 Å². The van der Waals surface area contributed by atoms with Gasteiger partial charge in [-0.2, -0.15) is 4.31 Å². The SMILES string of the molecule is CC(=O)Nc1nc(C)c(-c2cc(S(=O)(=O)N3CCN(C)CC3)sc2Cl)s1. The van der Waals surface area contributed by atoms with Crippen LogP contribution in [0.3, 0.4) is 0 Å². The van der Waals surface area contributed by atoms with E-state index in [2.05, 4.69) is 15.2 Å². The third-order valence-electron chi connectivity index (χ3n) is 4.04. The number of carbonyl (C=O) groups is 1. The van der Waals surface area contributed by atoms with Crippen molar-refractivity contribution in [1.29, 1.82) is 0 Å². The van der Waals surface area contributed by atoms with Gasteiger partial charge in [-0.3, -0.25) is 4.79 Å². The number of nitrogens with one attached hydrogen (secondary N) is 1. The number of piperazine rings is 1. The molecule has 0 unspecified atom stereocenters. The Hall–Kier alpha value is -1.04. The summed E-state index contributed by atoms with van der Waals surface area (Å²) in [6.45, 7) is 5.57. The Morgan fingerprint density at radius 1 is 1.27 bits per heavy atom. The summed E-state index contributed by atoms with van der Waals surface area (Å²) in [6.07, 6.45) is 0. The lowest BCUT2D eigenvalue weighted by atomic mass is 10.2. The molecule has 0 saturated carbocycles. The van der Waals surface area contributed by atoms with Gasteiger partial charge >= 0.3 is 0 Å². The Kier molecular flexibility index (Phi) is 5.71. The third-order valence-corrected chi connectivity index (χ3v) is 8.86. The molecule has 1 fully saturated rings. The molecular weight excluding hydrogens is 416 g/mol. The Labute approximate surface area is 165 Å². The summed E-state index contributed by atoms with van der Waals surface area (Å²) in [6, 6.07) is 1.61. The second-order valence-electron chi connectivity index (χ2n) is 6.07. The normalized spacial score (nSPS) is 16.8. The summed E-state index contributed by atoms with van der Waals surface area (Å²) in [5, 5.41) is 3.11. The number of anilines is 1. The smallest absolute Gasteiger partial charge is 0.252 e. The average Bonchev–Trinajstić information content (AvgIpc) is 3.10. The van der Waals surface area contributed by atoms with Crippen molar-refractivity contribution in [3.8, 4) is 10.4 Å². The summed E-state index contributed by atoms with van der Waals surface area (Å²) < 4.78 is 28.0. The number of thiazole rings is 1. The van der Waals surface area contributed by atoms with Crippen LogP contribution in [0.4, 0.5) is 5.13 Å². The fourth-order valence-corrected chi connectivity index (χ4v) is 7.10. The molecule has 1 N–H and O–H groups in total. The molecule has 0 atom stereocenters. The topological polar surface area (TPSA) is 82.6 Å². The van der Waals surface area contributed by atoms with Gasteiger partial charge in [0.05, 0.1) is 10.6 Å². The van der Waals surface area contributed by atoms with Crippen molar-refractivity contribution in [1.82, 2.24) is 14.2 Å². The summed E-state index contributed by atoms with van der Waals surface area (Å²) >= 11 is 8.69. The van der Waals surface area contributed by atoms with Crippen LogP contribution in [0.5, 0.6) is 0 Å². The number of rotatable bonds is 4. The first-order valence-corrected chi connectivity index (χ1v) is 11.4. The maximum absolute atomic E-state index is 12.9. The number of halogens is 1. The van der Waals surface area contributed by atoms with Crippen LogP contribution >= 0.6 is 34.3 Å². The molecule has 3 heterocycles. The summed E-state index contributed by atoms with van der Waals surface area (Å²) in [4.78, 5) is 18.4. The zero-order chi connectivity index (χ0) is 19.1. The van der Waals surface area contributed by atoms with Gasteiger partial charge in [0, 0.05) is 38.7 Å². The van der Waals surface area contributed by atoms with Crippen LogP contribution in [0, 0.1) is 6.92 Å². The van der Waals surface area contributed by atoms with E-state index >= 15 is 0 Å². The van der Waals surface area contributed by atoms with E-state index in [4.69, 9.17) is 11.6 Å². The van der Waals surface area contributed by atoms with Crippen molar-refractivity contribution in [2.24, 2.45) is 0 Å². The minimum Gasteiger partial charge on any atom is -0.304 e. The van der Waals surface area contributed by atoms with Crippen molar-refractivity contribution in [3.63, 3.8) is 0 Å². The number of sulfonamides is 1. The number of likely N-dealkylation sites (N-methyl/N-ethyl adjacent to an activating group) is 1. The van der Waals surface area contributed by atoms with Gasteiger partial charge in [-0.1, -0.05) is 22.9 Å². The maximum atomic E-state index is 12.9. The van der Waals surface area contributed by atoms with Gasteiger partial charge in [0.2, 0.25) is 5.91 Å². The van der Waals surface area contributed by atoms with Crippen LogP contribution in [-0.4, -0.2) is 61.7 Å². The zero-order valence-corrected chi connectivity index (χ0v) is 17.8. The number of thiophene rings is 1. The summed E-state index contributed by atoms with van der Waals surface area (Å²) in [5.74, 6) is -0.208. The number of amides is 1. The highest BCUT2D eigenvalue weighted by molar-refractivity contribution is 7.91. The van der Waals surface area contributed by atoms with Gasteiger partial charge in [0.15, 0.2) is 5.13 Å². The number of hydrogen-bond donors (Lipinski definition) is 1. The van der Waals surface area contributed by atoms with Gasteiger partial charge in [-0.15, -0.1) is 11.3 Å². The summed E-state index contributed by atoms with van der Waals surface area (Å²) in [7, 11) is -1.59. The lowest BCUT2D eigenvalue weighted by Gasteiger charge is -2.31. The molecule has 1 aliphatic rings. The molecule has 0 radical (unpaired) electrons. The predicted octanol–water partition coefficient (Wildman–Crippen LogP) is 2.73. The number of hydrogen-bond acceptors (Lipinski definition) is 7. The highest BCUT2D eigenvalue weighted by atomic mass is 35.5.